The molecular weight excluding hydrogens is 195 g/mol. The second-order valence-corrected chi connectivity index (χ2v) is 3.63. The van der Waals surface area contributed by atoms with E-state index in [0.717, 1.165) is 25.1 Å². The van der Waals surface area contributed by atoms with Gasteiger partial charge in [-0.1, -0.05) is 12.1 Å². The maximum Gasteiger partial charge on any atom is 0.317 e. The molecular formula is C11H13FN2O. The van der Waals surface area contributed by atoms with Gasteiger partial charge < -0.3 is 10.2 Å². The monoisotopic (exact) mass is 208 g/mol. The van der Waals surface area contributed by atoms with E-state index < -0.39 is 0 Å². The molecule has 0 bridgehead atoms. The molecule has 1 aliphatic heterocycles. The average molecular weight is 208 g/mol. The maximum atomic E-state index is 12.6. The van der Waals surface area contributed by atoms with Crippen LogP contribution in [0, 0.1) is 5.82 Å². The van der Waals surface area contributed by atoms with E-state index in [4.69, 9.17) is 0 Å². The van der Waals surface area contributed by atoms with Gasteiger partial charge in [0, 0.05) is 19.6 Å². The highest BCUT2D eigenvalue weighted by Crippen LogP contribution is 2.06. The lowest BCUT2D eigenvalue weighted by atomic mass is 10.2. The zero-order valence-corrected chi connectivity index (χ0v) is 8.37. The number of nitrogens with zero attached hydrogens (tertiary/aromatic N) is 1. The highest BCUT2D eigenvalue weighted by molar-refractivity contribution is 5.74. The van der Waals surface area contributed by atoms with E-state index in [9.17, 15) is 9.18 Å². The van der Waals surface area contributed by atoms with Crippen molar-refractivity contribution in [1.82, 2.24) is 10.2 Å². The minimum Gasteiger partial charge on any atom is -0.334 e. The van der Waals surface area contributed by atoms with Crippen molar-refractivity contribution in [2.24, 2.45) is 0 Å². The first-order chi connectivity index (χ1) is 7.25. The first kappa shape index (κ1) is 9.96. The van der Waals surface area contributed by atoms with Gasteiger partial charge in [0.25, 0.3) is 0 Å². The largest absolute Gasteiger partial charge is 0.334 e. The van der Waals surface area contributed by atoms with Gasteiger partial charge in [-0.2, -0.15) is 0 Å². The Balaban J connectivity index is 1.82. The Labute approximate surface area is 87.9 Å². The number of carbonyl (C=O) groups excluding carboxylic acids is 1. The van der Waals surface area contributed by atoms with Gasteiger partial charge in [-0.3, -0.25) is 0 Å². The molecule has 2 rings (SSSR count). The molecule has 1 aromatic carbocycles. The van der Waals surface area contributed by atoms with Crippen molar-refractivity contribution in [3.8, 4) is 0 Å². The van der Waals surface area contributed by atoms with Crippen LogP contribution in [-0.4, -0.2) is 24.0 Å². The summed E-state index contributed by atoms with van der Waals surface area (Å²) in [5.74, 6) is -0.257. The first-order valence-electron chi connectivity index (χ1n) is 5.03. The van der Waals surface area contributed by atoms with Crippen LogP contribution in [0.25, 0.3) is 0 Å². The number of nitrogens with one attached hydrogen (secondary N) is 1. The molecule has 1 N–H and O–H groups in total. The number of amides is 2. The molecule has 2 amide bonds. The number of urea groups is 1. The molecule has 3 nitrogen and oxygen atoms in total. The molecule has 1 fully saturated rings. The third kappa shape index (κ3) is 2.46. The molecule has 4 heteroatoms. The van der Waals surface area contributed by atoms with Crippen LogP contribution < -0.4 is 5.32 Å². The summed E-state index contributed by atoms with van der Waals surface area (Å²) in [5, 5.41) is 2.78. The van der Waals surface area contributed by atoms with Crippen molar-refractivity contribution >= 4 is 6.03 Å². The van der Waals surface area contributed by atoms with E-state index in [2.05, 4.69) is 5.32 Å². The number of rotatable bonds is 2. The predicted molar refractivity (Wildman–Crippen MR) is 54.8 cm³/mol. The van der Waals surface area contributed by atoms with Gasteiger partial charge in [0.1, 0.15) is 5.82 Å². The van der Waals surface area contributed by atoms with Crippen molar-refractivity contribution in [2.45, 2.75) is 13.0 Å². The topological polar surface area (TPSA) is 32.3 Å². The maximum absolute atomic E-state index is 12.6. The Morgan fingerprint density at radius 2 is 2.00 bits per heavy atom. The molecule has 1 aromatic rings. The average Bonchev–Trinajstić information content (AvgIpc) is 2.14. The van der Waals surface area contributed by atoms with Gasteiger partial charge in [0.2, 0.25) is 0 Å². The standard InChI is InChI=1S/C11H13FN2O/c12-10-4-2-9(3-5-10)8-13-11(15)14-6-1-7-14/h2-5H,1,6-8H2,(H,13,15). The van der Waals surface area contributed by atoms with Gasteiger partial charge in [0.15, 0.2) is 0 Å². The quantitative estimate of drug-likeness (QED) is 0.788. The molecule has 0 unspecified atom stereocenters. The van der Waals surface area contributed by atoms with Crippen molar-refractivity contribution in [2.75, 3.05) is 13.1 Å². The highest BCUT2D eigenvalue weighted by Gasteiger charge is 2.19. The van der Waals surface area contributed by atoms with Crippen molar-refractivity contribution in [3.05, 3.63) is 35.6 Å². The number of halogens is 1. The van der Waals surface area contributed by atoms with Crippen molar-refractivity contribution < 1.29 is 9.18 Å². The van der Waals surface area contributed by atoms with E-state index in [1.54, 1.807) is 17.0 Å². The SMILES string of the molecule is O=C(NCc1ccc(F)cc1)N1CCC1. The van der Waals surface area contributed by atoms with Gasteiger partial charge in [-0.05, 0) is 24.1 Å². The van der Waals surface area contributed by atoms with E-state index in [-0.39, 0.29) is 11.8 Å². The lowest BCUT2D eigenvalue weighted by molar-refractivity contribution is 0.167. The van der Waals surface area contributed by atoms with Crippen LogP contribution in [0.5, 0.6) is 0 Å². The van der Waals surface area contributed by atoms with E-state index in [1.807, 2.05) is 0 Å². The third-order valence-electron chi connectivity index (χ3n) is 2.50. The third-order valence-corrected chi connectivity index (χ3v) is 2.50. The molecule has 0 saturated carbocycles. The second-order valence-electron chi connectivity index (χ2n) is 3.63. The smallest absolute Gasteiger partial charge is 0.317 e. The normalized spacial score (nSPS) is 14.6. The summed E-state index contributed by atoms with van der Waals surface area (Å²) in [6.45, 7) is 2.14. The van der Waals surface area contributed by atoms with Gasteiger partial charge in [-0.15, -0.1) is 0 Å². The Morgan fingerprint density at radius 3 is 2.53 bits per heavy atom. The molecule has 15 heavy (non-hydrogen) atoms. The van der Waals surface area contributed by atoms with Crippen molar-refractivity contribution in [1.29, 1.82) is 0 Å². The number of hydrogen-bond acceptors (Lipinski definition) is 1. The zero-order chi connectivity index (χ0) is 10.7. The fourth-order valence-corrected chi connectivity index (χ4v) is 1.41. The summed E-state index contributed by atoms with van der Waals surface area (Å²) in [6, 6.07) is 6.10. The summed E-state index contributed by atoms with van der Waals surface area (Å²) in [4.78, 5) is 13.2. The molecule has 1 heterocycles. The van der Waals surface area contributed by atoms with Crippen LogP contribution in [0.3, 0.4) is 0 Å². The van der Waals surface area contributed by atoms with Gasteiger partial charge >= 0.3 is 6.03 Å². The van der Waals surface area contributed by atoms with Crippen LogP contribution in [0.2, 0.25) is 0 Å². The van der Waals surface area contributed by atoms with Crippen LogP contribution in [0.15, 0.2) is 24.3 Å². The predicted octanol–water partition coefficient (Wildman–Crippen LogP) is 1.74. The highest BCUT2D eigenvalue weighted by atomic mass is 19.1. The van der Waals surface area contributed by atoms with Crippen LogP contribution in [0.1, 0.15) is 12.0 Å². The van der Waals surface area contributed by atoms with E-state index in [0.29, 0.717) is 6.54 Å². The molecule has 0 atom stereocenters. The van der Waals surface area contributed by atoms with Crippen LogP contribution >= 0.6 is 0 Å². The summed E-state index contributed by atoms with van der Waals surface area (Å²) in [6.07, 6.45) is 1.09. The minimum absolute atomic E-state index is 0.0365. The number of hydrogen-bond donors (Lipinski definition) is 1. The number of likely N-dealkylation sites (tertiary alicyclic amines) is 1. The van der Waals surface area contributed by atoms with E-state index in [1.165, 1.54) is 12.1 Å². The van der Waals surface area contributed by atoms with Gasteiger partial charge in [0.05, 0.1) is 0 Å². The zero-order valence-electron chi connectivity index (χ0n) is 8.37. The Morgan fingerprint density at radius 1 is 1.33 bits per heavy atom. The summed E-state index contributed by atoms with van der Waals surface area (Å²) < 4.78 is 12.6. The Hall–Kier alpha value is -1.58. The Kier molecular flexibility index (Phi) is 2.85. The molecule has 1 saturated heterocycles. The summed E-state index contributed by atoms with van der Waals surface area (Å²) >= 11 is 0. The summed E-state index contributed by atoms with van der Waals surface area (Å²) in [5.41, 5.74) is 0.908. The lowest BCUT2D eigenvalue weighted by Crippen LogP contribution is -2.47. The summed E-state index contributed by atoms with van der Waals surface area (Å²) in [7, 11) is 0. The first-order valence-corrected chi connectivity index (χ1v) is 5.03. The molecule has 0 aliphatic carbocycles. The Bertz CT molecular complexity index is 346. The van der Waals surface area contributed by atoms with E-state index >= 15 is 0 Å². The fraction of sp³-hybridized carbons (Fsp3) is 0.364. The number of benzene rings is 1. The van der Waals surface area contributed by atoms with Crippen LogP contribution in [0.4, 0.5) is 9.18 Å². The lowest BCUT2D eigenvalue weighted by Gasteiger charge is -2.30. The number of carbonyl (C=O) groups is 1. The van der Waals surface area contributed by atoms with Gasteiger partial charge in [-0.25, -0.2) is 9.18 Å². The fourth-order valence-electron chi connectivity index (χ4n) is 1.41. The molecule has 0 spiro atoms. The van der Waals surface area contributed by atoms with Crippen LogP contribution in [-0.2, 0) is 6.54 Å². The molecule has 0 radical (unpaired) electrons. The minimum atomic E-state index is -0.257. The molecule has 80 valence electrons. The molecule has 0 aromatic heterocycles. The molecule has 1 aliphatic rings. The second kappa shape index (κ2) is 4.29. The van der Waals surface area contributed by atoms with Crippen molar-refractivity contribution in [3.63, 3.8) is 0 Å².